The number of rotatable bonds is 3. The Balaban J connectivity index is 1.72. The number of para-hydroxylation sites is 1. The molecule has 0 radical (unpaired) electrons. The molecule has 5 rings (SSSR count). The number of benzene rings is 3. The van der Waals surface area contributed by atoms with Gasteiger partial charge < -0.3 is 10.1 Å². The number of aromatic amines is 1. The van der Waals surface area contributed by atoms with Crippen molar-refractivity contribution in [3.05, 3.63) is 107 Å². The van der Waals surface area contributed by atoms with Gasteiger partial charge in [0.25, 0.3) is 11.7 Å². The maximum atomic E-state index is 13.3. The van der Waals surface area contributed by atoms with Crippen molar-refractivity contribution in [2.24, 2.45) is 0 Å². The molecule has 8 heteroatoms. The zero-order valence-electron chi connectivity index (χ0n) is 18.4. The number of H-pyrrole nitrogens is 1. The first kappa shape index (κ1) is 22.5. The molecule has 1 aliphatic rings. The molecule has 176 valence electrons. The van der Waals surface area contributed by atoms with Crippen molar-refractivity contribution in [2.75, 3.05) is 4.90 Å². The molecule has 2 N–H and O–H groups in total. The number of anilines is 1. The van der Waals surface area contributed by atoms with Crippen LogP contribution in [0.4, 0.5) is 18.9 Å². The van der Waals surface area contributed by atoms with Crippen LogP contribution in [-0.2, 0) is 15.8 Å². The maximum Gasteiger partial charge on any atom is 0.416 e. The van der Waals surface area contributed by atoms with Gasteiger partial charge in [0, 0.05) is 28.4 Å². The molecule has 4 aromatic rings. The number of carbonyl (C=O) groups excluding carboxylic acids is 2. The van der Waals surface area contributed by atoms with E-state index in [4.69, 9.17) is 0 Å². The van der Waals surface area contributed by atoms with Crippen LogP contribution in [0.1, 0.15) is 28.3 Å². The van der Waals surface area contributed by atoms with Gasteiger partial charge in [-0.15, -0.1) is 0 Å². The van der Waals surface area contributed by atoms with Crippen molar-refractivity contribution >= 4 is 34.0 Å². The standard InChI is InChI=1S/C27H19F3N2O3/c1-15-5-4-6-16(13-15)23-22(24(33)20-14-31-21-8-3-2-7-19(20)21)25(34)26(35)32(23)18-11-9-17(10-12-18)27(28,29)30/h2-14,23,31,33H,1H3/b24-22-. The predicted molar refractivity (Wildman–Crippen MR) is 126 cm³/mol. The van der Waals surface area contributed by atoms with E-state index in [1.165, 1.54) is 0 Å². The van der Waals surface area contributed by atoms with Crippen LogP contribution in [0.25, 0.3) is 16.7 Å². The summed E-state index contributed by atoms with van der Waals surface area (Å²) in [5.74, 6) is -2.21. The number of aryl methyl sites for hydroxylation is 1. The first-order valence-corrected chi connectivity index (χ1v) is 10.8. The van der Waals surface area contributed by atoms with Crippen molar-refractivity contribution in [2.45, 2.75) is 19.1 Å². The van der Waals surface area contributed by atoms with Gasteiger partial charge in [-0.05, 0) is 42.8 Å². The number of ketones is 1. The molecule has 1 fully saturated rings. The highest BCUT2D eigenvalue weighted by Crippen LogP contribution is 2.43. The van der Waals surface area contributed by atoms with Crippen LogP contribution in [0.2, 0.25) is 0 Å². The van der Waals surface area contributed by atoms with E-state index in [1.807, 2.05) is 25.1 Å². The van der Waals surface area contributed by atoms with Gasteiger partial charge in [0.15, 0.2) is 0 Å². The Morgan fingerprint density at radius 1 is 0.971 bits per heavy atom. The number of alkyl halides is 3. The quantitative estimate of drug-likeness (QED) is 0.213. The molecule has 0 spiro atoms. The third-order valence-corrected chi connectivity index (χ3v) is 6.12. The van der Waals surface area contributed by atoms with E-state index in [0.717, 1.165) is 40.2 Å². The van der Waals surface area contributed by atoms with Gasteiger partial charge in [0.1, 0.15) is 5.76 Å². The lowest BCUT2D eigenvalue weighted by Crippen LogP contribution is -2.29. The fourth-order valence-electron chi connectivity index (χ4n) is 4.48. The first-order chi connectivity index (χ1) is 16.7. The van der Waals surface area contributed by atoms with Gasteiger partial charge in [-0.1, -0.05) is 48.0 Å². The summed E-state index contributed by atoms with van der Waals surface area (Å²) in [6.45, 7) is 1.84. The molecule has 1 unspecified atom stereocenters. The number of hydrogen-bond donors (Lipinski definition) is 2. The molecule has 1 amide bonds. The second kappa shape index (κ2) is 8.16. The molecule has 1 atom stereocenters. The second-order valence-corrected chi connectivity index (χ2v) is 8.38. The molecule has 1 saturated heterocycles. The van der Waals surface area contributed by atoms with E-state index >= 15 is 0 Å². The number of nitrogens with one attached hydrogen (secondary N) is 1. The summed E-state index contributed by atoms with van der Waals surface area (Å²) < 4.78 is 39.3. The van der Waals surface area contributed by atoms with Crippen LogP contribution in [-0.4, -0.2) is 21.8 Å². The van der Waals surface area contributed by atoms with Crippen LogP contribution in [0, 0.1) is 6.92 Å². The highest BCUT2D eigenvalue weighted by molar-refractivity contribution is 6.51. The highest BCUT2D eigenvalue weighted by atomic mass is 19.4. The minimum absolute atomic E-state index is 0.115. The number of carbonyl (C=O) groups is 2. The molecule has 0 aliphatic carbocycles. The van der Waals surface area contributed by atoms with E-state index in [-0.39, 0.29) is 17.0 Å². The summed E-state index contributed by atoms with van der Waals surface area (Å²) in [6.07, 6.45) is -2.99. The monoisotopic (exact) mass is 476 g/mol. The normalized spacial score (nSPS) is 17.9. The number of hydrogen-bond acceptors (Lipinski definition) is 3. The number of aliphatic hydroxyl groups excluding tert-OH is 1. The van der Waals surface area contributed by atoms with Crippen LogP contribution >= 0.6 is 0 Å². The molecule has 0 bridgehead atoms. The van der Waals surface area contributed by atoms with E-state index in [0.29, 0.717) is 16.5 Å². The van der Waals surface area contributed by atoms with E-state index in [2.05, 4.69) is 4.98 Å². The SMILES string of the molecule is Cc1cccc(C2/C(=C(/O)c3c[nH]c4ccccc34)C(=O)C(=O)N2c2ccc(C(F)(F)F)cc2)c1. The summed E-state index contributed by atoms with van der Waals surface area (Å²) in [5.41, 5.74) is 1.60. The van der Waals surface area contributed by atoms with Crippen LogP contribution in [0.5, 0.6) is 0 Å². The lowest BCUT2D eigenvalue weighted by Gasteiger charge is -2.26. The summed E-state index contributed by atoms with van der Waals surface area (Å²) in [5, 5.41) is 12.0. The minimum atomic E-state index is -4.54. The molecular formula is C27H19F3N2O3. The highest BCUT2D eigenvalue weighted by Gasteiger charge is 2.47. The summed E-state index contributed by atoms with van der Waals surface area (Å²) in [7, 11) is 0. The fourth-order valence-corrected chi connectivity index (χ4v) is 4.48. The smallest absolute Gasteiger partial charge is 0.416 e. The van der Waals surface area contributed by atoms with E-state index < -0.39 is 29.5 Å². The number of Topliss-reactive ketones (excluding diaryl/α,β-unsaturated/α-hetero) is 1. The zero-order valence-corrected chi connectivity index (χ0v) is 18.4. The number of nitrogens with zero attached hydrogens (tertiary/aromatic N) is 1. The Kier molecular flexibility index (Phi) is 5.24. The number of fused-ring (bicyclic) bond motifs is 1. The summed E-state index contributed by atoms with van der Waals surface area (Å²) in [4.78, 5) is 30.6. The van der Waals surface area contributed by atoms with Gasteiger partial charge in [0.2, 0.25) is 0 Å². The Morgan fingerprint density at radius 3 is 2.37 bits per heavy atom. The van der Waals surface area contributed by atoms with Crippen LogP contribution in [0.3, 0.4) is 0 Å². The van der Waals surface area contributed by atoms with E-state index in [9.17, 15) is 27.9 Å². The number of halogens is 3. The lowest BCUT2D eigenvalue weighted by atomic mass is 9.94. The minimum Gasteiger partial charge on any atom is -0.507 e. The average Bonchev–Trinajstić information content (AvgIpc) is 3.37. The van der Waals surface area contributed by atoms with Crippen molar-refractivity contribution in [1.82, 2.24) is 4.98 Å². The summed E-state index contributed by atoms with van der Waals surface area (Å²) >= 11 is 0. The van der Waals surface area contributed by atoms with Crippen LogP contribution in [0.15, 0.2) is 84.6 Å². The Morgan fingerprint density at radius 2 is 1.69 bits per heavy atom. The zero-order chi connectivity index (χ0) is 24.9. The number of aliphatic hydroxyl groups is 1. The third kappa shape index (κ3) is 3.77. The number of aromatic nitrogens is 1. The molecule has 1 aliphatic heterocycles. The average molecular weight is 476 g/mol. The molecule has 3 aromatic carbocycles. The predicted octanol–water partition coefficient (Wildman–Crippen LogP) is 6.12. The molecule has 1 aromatic heterocycles. The first-order valence-electron chi connectivity index (χ1n) is 10.8. The lowest BCUT2D eigenvalue weighted by molar-refractivity contribution is -0.137. The van der Waals surface area contributed by atoms with Crippen LogP contribution < -0.4 is 4.90 Å². The van der Waals surface area contributed by atoms with Gasteiger partial charge in [0.05, 0.1) is 17.2 Å². The summed E-state index contributed by atoms with van der Waals surface area (Å²) in [6, 6.07) is 17.3. The Hall–Kier alpha value is -4.33. The third-order valence-electron chi connectivity index (χ3n) is 6.12. The van der Waals surface area contributed by atoms with Gasteiger partial charge in [-0.2, -0.15) is 13.2 Å². The van der Waals surface area contributed by atoms with Crippen molar-refractivity contribution in [3.8, 4) is 0 Å². The van der Waals surface area contributed by atoms with Gasteiger partial charge in [-0.25, -0.2) is 0 Å². The largest absolute Gasteiger partial charge is 0.507 e. The van der Waals surface area contributed by atoms with Crippen molar-refractivity contribution < 1.29 is 27.9 Å². The van der Waals surface area contributed by atoms with Gasteiger partial charge >= 0.3 is 6.18 Å². The number of amides is 1. The molecular weight excluding hydrogens is 457 g/mol. The molecule has 5 nitrogen and oxygen atoms in total. The van der Waals surface area contributed by atoms with E-state index in [1.54, 1.807) is 36.5 Å². The molecule has 0 saturated carbocycles. The Labute approximate surface area is 198 Å². The fraction of sp³-hybridized carbons (Fsp3) is 0.111. The maximum absolute atomic E-state index is 13.3. The second-order valence-electron chi connectivity index (χ2n) is 8.38. The van der Waals surface area contributed by atoms with Gasteiger partial charge in [-0.3, -0.25) is 14.5 Å². The Bertz CT molecular complexity index is 1500. The van der Waals surface area contributed by atoms with Crippen molar-refractivity contribution in [3.63, 3.8) is 0 Å². The van der Waals surface area contributed by atoms with Crippen molar-refractivity contribution in [1.29, 1.82) is 0 Å². The molecule has 35 heavy (non-hydrogen) atoms. The topological polar surface area (TPSA) is 73.4 Å². The molecule has 2 heterocycles.